The van der Waals surface area contributed by atoms with Crippen LogP contribution in [0.5, 0.6) is 0 Å². The normalized spacial score (nSPS) is 11.1. The smallest absolute Gasteiger partial charge is 0.157 e. The summed E-state index contributed by atoms with van der Waals surface area (Å²) >= 11 is 0. The predicted octanol–water partition coefficient (Wildman–Crippen LogP) is 9.73. The van der Waals surface area contributed by atoms with E-state index in [1.807, 2.05) is 6.92 Å². The van der Waals surface area contributed by atoms with Gasteiger partial charge < -0.3 is 0 Å². The Morgan fingerprint density at radius 2 is 0.750 bits per heavy atom. The summed E-state index contributed by atoms with van der Waals surface area (Å²) in [5, 5.41) is 0. The molecule has 0 fully saturated rings. The minimum absolute atomic E-state index is 0.248. The van der Waals surface area contributed by atoms with Crippen LogP contribution < -0.4 is 0 Å². The molecule has 0 bridgehead atoms. The van der Waals surface area contributed by atoms with Crippen LogP contribution in [0, 0.1) is 0 Å². The van der Waals surface area contributed by atoms with Crippen LogP contribution in [-0.4, -0.2) is 5.78 Å². The molecule has 0 aliphatic carbocycles. The summed E-state index contributed by atoms with van der Waals surface area (Å²) in [6, 6.07) is 0. The maximum absolute atomic E-state index is 11.4. The monoisotopic (exact) mass is 392 g/mol. The Labute approximate surface area is 178 Å². The van der Waals surface area contributed by atoms with Gasteiger partial charge in [-0.25, -0.2) is 0 Å². The van der Waals surface area contributed by atoms with Gasteiger partial charge in [-0.2, -0.15) is 0 Å². The van der Waals surface area contributed by atoms with E-state index in [1.54, 1.807) is 0 Å². The molecule has 0 aromatic rings. The first-order valence-corrected chi connectivity index (χ1v) is 12.9. The Balaban J connectivity index is 3.05. The van der Waals surface area contributed by atoms with Gasteiger partial charge in [0, 0.05) is 6.42 Å². The number of hydrogen-bond donors (Lipinski definition) is 0. The third kappa shape index (κ3) is 21.7. The van der Waals surface area contributed by atoms with E-state index in [0.717, 1.165) is 6.42 Å². The van der Waals surface area contributed by atoms with E-state index in [-0.39, 0.29) is 5.78 Å². The van der Waals surface area contributed by atoms with Crippen LogP contribution in [0.4, 0.5) is 0 Å². The molecule has 0 saturated carbocycles. The molecule has 0 rings (SSSR count). The number of unbranched alkanes of at least 4 members (excludes halogenated alkanes) is 20. The Morgan fingerprint density at radius 1 is 0.500 bits per heavy atom. The SMILES string of the molecule is C=C(C)C(=O)CCCCCCCCCCCCCCCCCCCCCCC. The molecule has 1 heteroatoms. The molecule has 0 N–H and O–H groups in total. The lowest BCUT2D eigenvalue weighted by Crippen LogP contribution is -1.97. The van der Waals surface area contributed by atoms with Gasteiger partial charge in [-0.1, -0.05) is 142 Å². The summed E-state index contributed by atoms with van der Waals surface area (Å²) < 4.78 is 0. The summed E-state index contributed by atoms with van der Waals surface area (Å²) in [6.45, 7) is 7.82. The molecule has 0 unspecified atom stereocenters. The Kier molecular flexibility index (Phi) is 22.2. The van der Waals surface area contributed by atoms with Crippen LogP contribution in [-0.2, 0) is 4.79 Å². The van der Waals surface area contributed by atoms with Gasteiger partial charge in [0.1, 0.15) is 0 Å². The third-order valence-corrected chi connectivity index (χ3v) is 5.98. The van der Waals surface area contributed by atoms with Crippen molar-refractivity contribution < 1.29 is 4.79 Å². The number of carbonyl (C=O) groups excluding carboxylic acids is 1. The van der Waals surface area contributed by atoms with Gasteiger partial charge in [0.2, 0.25) is 0 Å². The number of carbonyl (C=O) groups is 1. The second-order valence-electron chi connectivity index (χ2n) is 9.02. The van der Waals surface area contributed by atoms with Crippen LogP contribution in [0.15, 0.2) is 12.2 Å². The molecule has 166 valence electrons. The van der Waals surface area contributed by atoms with Crippen molar-refractivity contribution in [2.75, 3.05) is 0 Å². The van der Waals surface area contributed by atoms with Crippen LogP contribution in [0.1, 0.15) is 155 Å². The molecule has 0 saturated heterocycles. The highest BCUT2D eigenvalue weighted by Gasteiger charge is 2.01. The van der Waals surface area contributed by atoms with Crippen molar-refractivity contribution in [2.45, 2.75) is 155 Å². The topological polar surface area (TPSA) is 17.1 Å². The number of ketones is 1. The fourth-order valence-corrected chi connectivity index (χ4v) is 3.93. The van der Waals surface area contributed by atoms with Crippen molar-refractivity contribution >= 4 is 5.78 Å². The van der Waals surface area contributed by atoms with Gasteiger partial charge in [0.25, 0.3) is 0 Å². The molecule has 0 radical (unpaired) electrons. The van der Waals surface area contributed by atoms with Crippen molar-refractivity contribution in [1.82, 2.24) is 0 Å². The number of Topliss-reactive ketones (excluding diaryl/α,β-unsaturated/α-hetero) is 1. The highest BCUT2D eigenvalue weighted by atomic mass is 16.1. The fourth-order valence-electron chi connectivity index (χ4n) is 3.93. The van der Waals surface area contributed by atoms with Gasteiger partial charge in [0.15, 0.2) is 5.78 Å². The molecular formula is C27H52O. The van der Waals surface area contributed by atoms with E-state index < -0.39 is 0 Å². The van der Waals surface area contributed by atoms with Crippen LogP contribution in [0.3, 0.4) is 0 Å². The molecule has 28 heavy (non-hydrogen) atoms. The quantitative estimate of drug-likeness (QED) is 0.125. The minimum Gasteiger partial charge on any atom is -0.295 e. The molecule has 0 amide bonds. The Morgan fingerprint density at radius 3 is 1.00 bits per heavy atom. The zero-order valence-electron chi connectivity index (χ0n) is 19.7. The molecule has 0 aliphatic rings. The van der Waals surface area contributed by atoms with Crippen LogP contribution in [0.2, 0.25) is 0 Å². The first-order chi connectivity index (χ1) is 13.7. The van der Waals surface area contributed by atoms with Gasteiger partial charge in [0.05, 0.1) is 0 Å². The van der Waals surface area contributed by atoms with E-state index >= 15 is 0 Å². The van der Waals surface area contributed by atoms with Crippen LogP contribution >= 0.6 is 0 Å². The second-order valence-corrected chi connectivity index (χ2v) is 9.02. The van der Waals surface area contributed by atoms with Gasteiger partial charge in [-0.15, -0.1) is 0 Å². The van der Waals surface area contributed by atoms with Gasteiger partial charge in [-0.3, -0.25) is 4.79 Å². The van der Waals surface area contributed by atoms with E-state index in [4.69, 9.17) is 0 Å². The standard InChI is InChI=1S/C27H52O/c1-4-5-6-7-8-9-10-11-12-13-14-15-16-17-18-19-20-21-22-23-24-25-27(28)26(2)3/h2,4-25H2,1,3H3. The molecule has 0 atom stereocenters. The lowest BCUT2D eigenvalue weighted by molar-refractivity contribution is -0.115. The number of hydrogen-bond acceptors (Lipinski definition) is 1. The summed E-state index contributed by atoms with van der Waals surface area (Å²) in [7, 11) is 0. The van der Waals surface area contributed by atoms with E-state index in [9.17, 15) is 4.79 Å². The fraction of sp³-hybridized carbons (Fsp3) is 0.889. The van der Waals surface area contributed by atoms with Crippen molar-refractivity contribution in [3.63, 3.8) is 0 Å². The van der Waals surface area contributed by atoms with Crippen LogP contribution in [0.25, 0.3) is 0 Å². The molecular weight excluding hydrogens is 340 g/mol. The maximum Gasteiger partial charge on any atom is 0.157 e. The average Bonchev–Trinajstić information content (AvgIpc) is 2.68. The third-order valence-electron chi connectivity index (χ3n) is 5.98. The van der Waals surface area contributed by atoms with Crippen molar-refractivity contribution in [2.24, 2.45) is 0 Å². The zero-order chi connectivity index (χ0) is 20.7. The second kappa shape index (κ2) is 22.7. The maximum atomic E-state index is 11.4. The summed E-state index contributed by atoms with van der Waals surface area (Å²) in [6.07, 6.45) is 30.1. The summed E-state index contributed by atoms with van der Waals surface area (Å²) in [4.78, 5) is 11.4. The first kappa shape index (κ1) is 27.4. The summed E-state index contributed by atoms with van der Waals surface area (Å²) in [5.74, 6) is 0.248. The molecule has 0 aromatic heterocycles. The molecule has 0 aromatic carbocycles. The molecule has 0 heterocycles. The highest BCUT2D eigenvalue weighted by molar-refractivity contribution is 5.93. The largest absolute Gasteiger partial charge is 0.295 e. The molecule has 0 spiro atoms. The average molecular weight is 393 g/mol. The molecule has 1 nitrogen and oxygen atoms in total. The van der Waals surface area contributed by atoms with Crippen molar-refractivity contribution in [3.8, 4) is 0 Å². The zero-order valence-corrected chi connectivity index (χ0v) is 19.7. The van der Waals surface area contributed by atoms with Crippen molar-refractivity contribution in [1.29, 1.82) is 0 Å². The Bertz CT molecular complexity index is 344. The van der Waals surface area contributed by atoms with Gasteiger partial charge >= 0.3 is 0 Å². The predicted molar refractivity (Wildman–Crippen MR) is 127 cm³/mol. The lowest BCUT2D eigenvalue weighted by atomic mass is 10.0. The number of allylic oxidation sites excluding steroid dienone is 1. The van der Waals surface area contributed by atoms with Crippen molar-refractivity contribution in [3.05, 3.63) is 12.2 Å². The lowest BCUT2D eigenvalue weighted by Gasteiger charge is -2.04. The summed E-state index contributed by atoms with van der Waals surface area (Å²) in [5.41, 5.74) is 0.716. The van der Waals surface area contributed by atoms with E-state index in [2.05, 4.69) is 13.5 Å². The minimum atomic E-state index is 0.248. The van der Waals surface area contributed by atoms with Gasteiger partial charge in [-0.05, 0) is 18.9 Å². The highest BCUT2D eigenvalue weighted by Crippen LogP contribution is 2.15. The van der Waals surface area contributed by atoms with E-state index in [1.165, 1.54) is 128 Å². The first-order valence-electron chi connectivity index (χ1n) is 12.9. The van der Waals surface area contributed by atoms with E-state index in [0.29, 0.717) is 12.0 Å². The molecule has 0 aliphatic heterocycles. The Hall–Kier alpha value is -0.590. The number of rotatable bonds is 23.